The van der Waals surface area contributed by atoms with Gasteiger partial charge in [-0.1, -0.05) is 72.4 Å². The summed E-state index contributed by atoms with van der Waals surface area (Å²) >= 11 is 1.61. The monoisotopic (exact) mass is 435 g/mol. The molecule has 0 fully saturated rings. The number of hydrogen-bond donors (Lipinski definition) is 0. The van der Waals surface area contributed by atoms with Crippen LogP contribution in [0, 0.1) is 34.6 Å². The normalized spacial score (nSPS) is 12.3. The van der Waals surface area contributed by atoms with Gasteiger partial charge in [-0.2, -0.15) is 0 Å². The molecule has 0 aliphatic rings. The van der Waals surface area contributed by atoms with E-state index in [0.29, 0.717) is 4.78 Å². The molecule has 3 rings (SSSR count). The molecule has 0 spiro atoms. The Morgan fingerprint density at radius 3 is 1.53 bits per heavy atom. The van der Waals surface area contributed by atoms with Gasteiger partial charge < -0.3 is 4.57 Å². The zero-order valence-electron chi connectivity index (χ0n) is 18.7. The number of benzene rings is 3. The molecular weight excluding hydrogens is 405 g/mol. The van der Waals surface area contributed by atoms with E-state index in [-0.39, 0.29) is 0 Å². The average molecular weight is 436 g/mol. The summed E-state index contributed by atoms with van der Waals surface area (Å²) < 4.78 is 14.6. The quantitative estimate of drug-likeness (QED) is 0.261. The lowest BCUT2D eigenvalue weighted by Crippen LogP contribution is -2.21. The van der Waals surface area contributed by atoms with Gasteiger partial charge in [-0.25, -0.2) is 0 Å². The van der Waals surface area contributed by atoms with E-state index in [1.165, 1.54) is 33.4 Å². The highest BCUT2D eigenvalue weighted by Gasteiger charge is 2.33. The summed E-state index contributed by atoms with van der Waals surface area (Å²) in [7, 11) is -1.27. The lowest BCUT2D eigenvalue weighted by Gasteiger charge is -2.23. The molecule has 0 saturated heterocycles. The Bertz CT molecular complexity index is 1050. The molecule has 3 aromatic rings. The highest BCUT2D eigenvalue weighted by molar-refractivity contribution is 8.29. The summed E-state index contributed by atoms with van der Waals surface area (Å²) in [5.74, 6) is 0.760. The molecule has 0 aliphatic heterocycles. The van der Waals surface area contributed by atoms with E-state index in [9.17, 15) is 4.57 Å². The molecule has 2 nitrogen and oxygen atoms in total. The predicted molar refractivity (Wildman–Crippen MR) is 135 cm³/mol. The van der Waals surface area contributed by atoms with Gasteiger partial charge in [0.1, 0.15) is 4.78 Å². The fourth-order valence-electron chi connectivity index (χ4n) is 3.87. The molecule has 0 atom stereocenters. The van der Waals surface area contributed by atoms with Crippen LogP contribution in [-0.2, 0) is 10.3 Å². The van der Waals surface area contributed by atoms with Crippen molar-refractivity contribution in [3.05, 3.63) is 94.0 Å². The van der Waals surface area contributed by atoms with Gasteiger partial charge in [0.05, 0.1) is 0 Å². The van der Waals surface area contributed by atoms with Gasteiger partial charge in [0.25, 0.3) is 0 Å². The van der Waals surface area contributed by atoms with Crippen LogP contribution in [0.4, 0.5) is 0 Å². The number of rotatable bonds is 5. The molecule has 30 heavy (non-hydrogen) atoms. The zero-order valence-corrected chi connectivity index (χ0v) is 20.4. The summed E-state index contributed by atoms with van der Waals surface area (Å²) in [5, 5.41) is 1.66. The molecule has 0 saturated carbocycles. The van der Waals surface area contributed by atoms with Gasteiger partial charge in [-0.05, 0) is 68.0 Å². The maximum Gasteiger partial charge on any atom is 0.194 e. The predicted octanol–water partition coefficient (Wildman–Crippen LogP) is 6.46. The van der Waals surface area contributed by atoms with E-state index in [1.54, 1.807) is 18.8 Å². The third-order valence-electron chi connectivity index (χ3n) is 6.20. The van der Waals surface area contributed by atoms with Crippen LogP contribution in [0.1, 0.15) is 33.4 Å². The van der Waals surface area contributed by atoms with E-state index in [1.807, 2.05) is 60.7 Å². The molecule has 0 radical (unpaired) electrons. The average Bonchev–Trinajstić information content (AvgIpc) is 2.79. The van der Waals surface area contributed by atoms with Gasteiger partial charge in [0.15, 0.2) is 7.14 Å². The van der Waals surface area contributed by atoms with Crippen molar-refractivity contribution in [1.29, 1.82) is 0 Å². The van der Waals surface area contributed by atoms with Crippen molar-refractivity contribution in [2.45, 2.75) is 40.4 Å². The van der Waals surface area contributed by atoms with Crippen LogP contribution in [0.15, 0.2) is 65.7 Å². The van der Waals surface area contributed by atoms with Gasteiger partial charge in [0.2, 0.25) is 0 Å². The number of nitrogens with zero attached hydrogens (tertiary/aromatic N) is 1. The highest BCUT2D eigenvalue weighted by atomic mass is 32.2. The molecule has 0 aliphatic carbocycles. The number of hydrogen-bond acceptors (Lipinski definition) is 3. The van der Waals surface area contributed by atoms with Crippen molar-refractivity contribution in [3.63, 3.8) is 0 Å². The maximum absolute atomic E-state index is 14.6. The highest BCUT2D eigenvalue weighted by Crippen LogP contribution is 2.50. The topological polar surface area (TPSA) is 29.4 Å². The second-order valence-electron chi connectivity index (χ2n) is 7.68. The molecule has 0 N–H and O–H groups in total. The van der Waals surface area contributed by atoms with Crippen LogP contribution in [0.25, 0.3) is 0 Å². The van der Waals surface area contributed by atoms with Gasteiger partial charge in [-0.3, -0.25) is 4.99 Å². The van der Waals surface area contributed by atoms with Crippen molar-refractivity contribution >= 4 is 34.3 Å². The minimum atomic E-state index is -3.02. The minimum Gasteiger partial charge on any atom is -0.306 e. The van der Waals surface area contributed by atoms with Crippen molar-refractivity contribution < 1.29 is 4.57 Å². The molecule has 4 heteroatoms. The van der Waals surface area contributed by atoms with Crippen LogP contribution in [0.5, 0.6) is 0 Å². The Balaban J connectivity index is 2.05. The number of thioether (sulfide) groups is 1. The standard InChI is InChI=1S/C26H30NOPS/c1-18-19(2)21(4)25(22(5)20(18)3)17-30-26(27-6)29(28,23-13-9-7-10-14-23)24-15-11-8-12-16-24/h7-16H,17H2,1-6H3. The fourth-order valence-corrected chi connectivity index (χ4v) is 8.47. The van der Waals surface area contributed by atoms with Crippen molar-refractivity contribution in [2.75, 3.05) is 7.05 Å². The first-order valence-corrected chi connectivity index (χ1v) is 12.9. The van der Waals surface area contributed by atoms with Gasteiger partial charge >= 0.3 is 0 Å². The summed E-state index contributed by atoms with van der Waals surface area (Å²) in [6, 6.07) is 19.5. The third kappa shape index (κ3) is 4.06. The molecule has 3 aromatic carbocycles. The Morgan fingerprint density at radius 2 is 1.13 bits per heavy atom. The summed E-state index contributed by atoms with van der Waals surface area (Å²) in [5.41, 5.74) is 8.04. The SMILES string of the molecule is CN=C(SCc1c(C)c(C)c(C)c(C)c1C)P(=O)(c1ccccc1)c1ccccc1. The lowest BCUT2D eigenvalue weighted by molar-refractivity contribution is 0.594. The Morgan fingerprint density at radius 1 is 0.733 bits per heavy atom. The van der Waals surface area contributed by atoms with Crippen LogP contribution < -0.4 is 10.6 Å². The molecule has 156 valence electrons. The van der Waals surface area contributed by atoms with Crippen molar-refractivity contribution in [1.82, 2.24) is 0 Å². The van der Waals surface area contributed by atoms with E-state index in [0.717, 1.165) is 16.4 Å². The summed E-state index contributed by atoms with van der Waals surface area (Å²) in [4.78, 5) is 5.27. The minimum absolute atomic E-state index is 0.703. The first-order valence-electron chi connectivity index (χ1n) is 10.2. The van der Waals surface area contributed by atoms with E-state index >= 15 is 0 Å². The van der Waals surface area contributed by atoms with Crippen molar-refractivity contribution in [3.8, 4) is 0 Å². The molecule has 0 heterocycles. The second kappa shape index (κ2) is 9.37. The van der Waals surface area contributed by atoms with Crippen LogP contribution in [-0.4, -0.2) is 11.8 Å². The van der Waals surface area contributed by atoms with Crippen molar-refractivity contribution in [2.24, 2.45) is 4.99 Å². The first-order chi connectivity index (χ1) is 14.3. The molecule has 0 bridgehead atoms. The summed E-state index contributed by atoms with van der Waals surface area (Å²) in [6.07, 6.45) is 0. The Kier molecular flexibility index (Phi) is 7.06. The third-order valence-corrected chi connectivity index (χ3v) is 11.0. The van der Waals surface area contributed by atoms with Crippen LogP contribution in [0.2, 0.25) is 0 Å². The smallest absolute Gasteiger partial charge is 0.194 e. The van der Waals surface area contributed by atoms with Gasteiger partial charge in [-0.15, -0.1) is 0 Å². The maximum atomic E-state index is 14.6. The molecule has 0 amide bonds. The lowest BCUT2D eigenvalue weighted by atomic mass is 9.90. The number of aliphatic imine (C=N–C) groups is 1. The van der Waals surface area contributed by atoms with Gasteiger partial charge in [0, 0.05) is 23.4 Å². The first kappa shape index (κ1) is 22.6. The largest absolute Gasteiger partial charge is 0.306 e. The Labute approximate surface area is 185 Å². The van der Waals surface area contributed by atoms with E-state index in [4.69, 9.17) is 0 Å². The fraction of sp³-hybridized carbons (Fsp3) is 0.269. The summed E-state index contributed by atoms with van der Waals surface area (Å²) in [6.45, 7) is 11.0. The Hall–Kier alpha value is -2.09. The van der Waals surface area contributed by atoms with Crippen LogP contribution in [0.3, 0.4) is 0 Å². The van der Waals surface area contributed by atoms with E-state index < -0.39 is 7.14 Å². The molecular formula is C26H30NOPS. The van der Waals surface area contributed by atoms with Crippen LogP contribution >= 0.6 is 18.9 Å². The zero-order chi connectivity index (χ0) is 21.9. The molecule has 0 unspecified atom stereocenters. The molecule has 0 aromatic heterocycles. The second-order valence-corrected chi connectivity index (χ2v) is 11.6. The van der Waals surface area contributed by atoms with E-state index in [2.05, 4.69) is 39.6 Å².